The Labute approximate surface area is 66.9 Å². The number of nitrogens with one attached hydrogen (secondary N) is 2. The molecule has 1 saturated heterocycles. The molecular formula is C8H15FN2. The number of rotatable bonds is 2. The van der Waals surface area contributed by atoms with E-state index in [1.54, 1.807) is 6.20 Å². The number of hydrogen-bond donors (Lipinski definition) is 2. The normalized spacial score (nSPS) is 32.5. The molecule has 0 saturated carbocycles. The van der Waals surface area contributed by atoms with Crippen LogP contribution in [0.25, 0.3) is 0 Å². The first-order valence-corrected chi connectivity index (χ1v) is 4.06. The number of hydrogen-bond acceptors (Lipinski definition) is 2. The van der Waals surface area contributed by atoms with E-state index in [9.17, 15) is 4.39 Å². The van der Waals surface area contributed by atoms with Crippen molar-refractivity contribution in [3.05, 3.63) is 12.8 Å². The first-order chi connectivity index (χ1) is 5.34. The van der Waals surface area contributed by atoms with E-state index in [2.05, 4.69) is 17.2 Å². The van der Waals surface area contributed by atoms with Crippen molar-refractivity contribution >= 4 is 0 Å². The Balaban J connectivity index is 2.38. The van der Waals surface area contributed by atoms with Gasteiger partial charge in [-0.1, -0.05) is 6.58 Å². The summed E-state index contributed by atoms with van der Waals surface area (Å²) in [6, 6.07) is -0.0880. The smallest absolute Gasteiger partial charge is 0.121 e. The minimum Gasteiger partial charge on any atom is -0.384 e. The molecule has 2 atom stereocenters. The van der Waals surface area contributed by atoms with Crippen LogP contribution in [0.3, 0.4) is 0 Å². The van der Waals surface area contributed by atoms with Gasteiger partial charge in [-0.2, -0.15) is 0 Å². The van der Waals surface area contributed by atoms with Crippen molar-refractivity contribution in [3.8, 4) is 0 Å². The highest BCUT2D eigenvalue weighted by Crippen LogP contribution is 2.09. The Bertz CT molecular complexity index is 127. The maximum Gasteiger partial charge on any atom is 0.121 e. The molecular weight excluding hydrogens is 143 g/mol. The highest BCUT2D eigenvalue weighted by atomic mass is 19.1. The van der Waals surface area contributed by atoms with E-state index < -0.39 is 6.17 Å². The highest BCUT2D eigenvalue weighted by Gasteiger charge is 2.21. The van der Waals surface area contributed by atoms with Crippen molar-refractivity contribution in [2.45, 2.75) is 25.1 Å². The van der Waals surface area contributed by atoms with Gasteiger partial charge in [-0.3, -0.25) is 0 Å². The third-order valence-corrected chi connectivity index (χ3v) is 1.97. The van der Waals surface area contributed by atoms with Gasteiger partial charge in [-0.05, 0) is 25.6 Å². The summed E-state index contributed by atoms with van der Waals surface area (Å²) >= 11 is 0. The van der Waals surface area contributed by atoms with E-state index in [0.29, 0.717) is 13.0 Å². The van der Waals surface area contributed by atoms with Crippen LogP contribution >= 0.6 is 0 Å². The van der Waals surface area contributed by atoms with Crippen LogP contribution < -0.4 is 10.6 Å². The Hall–Kier alpha value is -0.570. The van der Waals surface area contributed by atoms with Gasteiger partial charge in [0, 0.05) is 6.54 Å². The summed E-state index contributed by atoms with van der Waals surface area (Å²) < 4.78 is 13.1. The molecule has 1 rings (SSSR count). The molecule has 0 spiro atoms. The van der Waals surface area contributed by atoms with Crippen LogP contribution in [0.2, 0.25) is 0 Å². The van der Waals surface area contributed by atoms with E-state index in [4.69, 9.17) is 0 Å². The second-order valence-corrected chi connectivity index (χ2v) is 2.84. The van der Waals surface area contributed by atoms with Crippen molar-refractivity contribution in [2.75, 3.05) is 13.1 Å². The van der Waals surface area contributed by atoms with Crippen LogP contribution in [0.1, 0.15) is 12.8 Å². The number of alkyl halides is 1. The predicted octanol–water partition coefficient (Wildman–Crippen LogP) is 0.810. The third kappa shape index (κ3) is 2.50. The van der Waals surface area contributed by atoms with Gasteiger partial charge in [0.25, 0.3) is 0 Å². The van der Waals surface area contributed by atoms with E-state index in [0.717, 1.165) is 13.0 Å². The average molecular weight is 158 g/mol. The minimum absolute atomic E-state index is 0.0880. The van der Waals surface area contributed by atoms with Crippen LogP contribution in [-0.4, -0.2) is 25.3 Å². The van der Waals surface area contributed by atoms with Gasteiger partial charge in [-0.15, -0.1) is 0 Å². The van der Waals surface area contributed by atoms with E-state index in [1.165, 1.54) is 0 Å². The zero-order valence-corrected chi connectivity index (χ0v) is 6.65. The van der Waals surface area contributed by atoms with Crippen LogP contribution in [0.15, 0.2) is 12.8 Å². The molecule has 11 heavy (non-hydrogen) atoms. The molecule has 1 heterocycles. The molecule has 2 unspecified atom stereocenters. The lowest BCUT2D eigenvalue weighted by Gasteiger charge is -2.17. The fourth-order valence-electron chi connectivity index (χ4n) is 1.32. The molecule has 0 radical (unpaired) electrons. The fraction of sp³-hybridized carbons (Fsp3) is 0.750. The van der Waals surface area contributed by atoms with Gasteiger partial charge in [0.2, 0.25) is 0 Å². The molecule has 1 fully saturated rings. The maximum absolute atomic E-state index is 13.1. The summed E-state index contributed by atoms with van der Waals surface area (Å²) in [5.41, 5.74) is 0. The van der Waals surface area contributed by atoms with Crippen LogP contribution in [0, 0.1) is 0 Å². The van der Waals surface area contributed by atoms with Gasteiger partial charge in [0.05, 0.1) is 6.04 Å². The first kappa shape index (κ1) is 8.53. The molecule has 1 aliphatic heterocycles. The molecule has 0 aromatic carbocycles. The van der Waals surface area contributed by atoms with Crippen molar-refractivity contribution in [2.24, 2.45) is 0 Å². The summed E-state index contributed by atoms with van der Waals surface area (Å²) in [5.74, 6) is 0. The fourth-order valence-corrected chi connectivity index (χ4v) is 1.32. The topological polar surface area (TPSA) is 24.1 Å². The quantitative estimate of drug-likeness (QED) is 0.621. The number of halogens is 1. The second-order valence-electron chi connectivity index (χ2n) is 2.84. The molecule has 0 bridgehead atoms. The maximum atomic E-state index is 13.1. The summed E-state index contributed by atoms with van der Waals surface area (Å²) in [5, 5.41) is 6.06. The summed E-state index contributed by atoms with van der Waals surface area (Å²) in [4.78, 5) is 0. The Morgan fingerprint density at radius 1 is 1.64 bits per heavy atom. The van der Waals surface area contributed by atoms with E-state index >= 15 is 0 Å². The van der Waals surface area contributed by atoms with Crippen molar-refractivity contribution in [1.29, 1.82) is 0 Å². The lowest BCUT2D eigenvalue weighted by Crippen LogP contribution is -2.40. The molecule has 3 heteroatoms. The van der Waals surface area contributed by atoms with Crippen LogP contribution in [0.5, 0.6) is 0 Å². The zero-order chi connectivity index (χ0) is 8.10. The Morgan fingerprint density at radius 3 is 3.18 bits per heavy atom. The summed E-state index contributed by atoms with van der Waals surface area (Å²) in [7, 11) is 0. The third-order valence-electron chi connectivity index (χ3n) is 1.97. The monoisotopic (exact) mass is 158 g/mol. The van der Waals surface area contributed by atoms with Gasteiger partial charge in [-0.25, -0.2) is 4.39 Å². The minimum atomic E-state index is -0.733. The van der Waals surface area contributed by atoms with Gasteiger partial charge < -0.3 is 10.6 Å². The predicted molar refractivity (Wildman–Crippen MR) is 44.1 cm³/mol. The van der Waals surface area contributed by atoms with Crippen molar-refractivity contribution in [1.82, 2.24) is 10.6 Å². The lowest BCUT2D eigenvalue weighted by molar-refractivity contribution is 0.257. The van der Waals surface area contributed by atoms with E-state index in [1.807, 2.05) is 0 Å². The first-order valence-electron chi connectivity index (χ1n) is 4.06. The second kappa shape index (κ2) is 4.34. The molecule has 0 amide bonds. The largest absolute Gasteiger partial charge is 0.384 e. The molecule has 0 aliphatic carbocycles. The lowest BCUT2D eigenvalue weighted by atomic mass is 10.1. The summed E-state index contributed by atoms with van der Waals surface area (Å²) in [6.45, 7) is 5.14. The summed E-state index contributed by atoms with van der Waals surface area (Å²) in [6.07, 6.45) is 2.40. The molecule has 0 aromatic heterocycles. The Morgan fingerprint density at radius 2 is 2.45 bits per heavy atom. The van der Waals surface area contributed by atoms with Gasteiger partial charge >= 0.3 is 0 Å². The molecule has 2 nitrogen and oxygen atoms in total. The highest BCUT2D eigenvalue weighted by molar-refractivity contribution is 4.85. The van der Waals surface area contributed by atoms with Crippen LogP contribution in [0.4, 0.5) is 4.39 Å². The molecule has 64 valence electrons. The molecule has 1 aliphatic rings. The molecule has 0 aromatic rings. The Kier molecular flexibility index (Phi) is 3.36. The van der Waals surface area contributed by atoms with Crippen molar-refractivity contribution in [3.63, 3.8) is 0 Å². The van der Waals surface area contributed by atoms with E-state index in [-0.39, 0.29) is 6.04 Å². The molecule has 2 N–H and O–H groups in total. The standard InChI is InChI=1S/C8H15FN2/c1-2-11-8-6-10-5-3-4-7(8)9/h2,7-8,10-11H,1,3-6H2. The SMILES string of the molecule is C=CNC1CNCCCC1F. The van der Waals surface area contributed by atoms with Gasteiger partial charge in [0.1, 0.15) is 6.17 Å². The van der Waals surface area contributed by atoms with Gasteiger partial charge in [0.15, 0.2) is 0 Å². The van der Waals surface area contributed by atoms with Crippen LogP contribution in [-0.2, 0) is 0 Å². The zero-order valence-electron chi connectivity index (χ0n) is 6.65. The van der Waals surface area contributed by atoms with Crippen molar-refractivity contribution < 1.29 is 4.39 Å². The average Bonchev–Trinajstić information content (AvgIpc) is 2.18.